The van der Waals surface area contributed by atoms with E-state index in [1.807, 2.05) is 0 Å². The Labute approximate surface area is 248 Å². The van der Waals surface area contributed by atoms with Crippen molar-refractivity contribution in [3.05, 3.63) is 0 Å². The first-order chi connectivity index (χ1) is 20.3. The SMILES string of the molecule is CC1OC(OCC2OC(OC3CC4C(O)CC(O)CC4OC3C3CC(O)C(O)C(O)C3)C(O)C(O)C2O)C(O)C(O)C1O. The molecule has 0 aromatic rings. The molecule has 18 atom stereocenters. The van der Waals surface area contributed by atoms with Crippen molar-refractivity contribution in [2.24, 2.45) is 11.8 Å². The van der Waals surface area contributed by atoms with Gasteiger partial charge in [-0.05, 0) is 44.9 Å². The van der Waals surface area contributed by atoms with Crippen LogP contribution in [0.2, 0.25) is 0 Å². The molecule has 3 aliphatic heterocycles. The minimum absolute atomic E-state index is 0.0554. The first-order valence-electron chi connectivity index (χ1n) is 15.0. The smallest absolute Gasteiger partial charge is 0.187 e. The second-order valence-electron chi connectivity index (χ2n) is 12.8. The maximum absolute atomic E-state index is 10.8. The van der Waals surface area contributed by atoms with E-state index in [4.69, 9.17) is 23.7 Å². The van der Waals surface area contributed by atoms with Gasteiger partial charge in [0.25, 0.3) is 0 Å². The van der Waals surface area contributed by atoms with E-state index in [0.29, 0.717) is 0 Å². The van der Waals surface area contributed by atoms with Crippen LogP contribution in [0.3, 0.4) is 0 Å². The predicted octanol–water partition coefficient (Wildman–Crippen LogP) is -5.19. The van der Waals surface area contributed by atoms with Crippen molar-refractivity contribution >= 4 is 0 Å². The lowest BCUT2D eigenvalue weighted by atomic mass is 9.72. The van der Waals surface area contributed by atoms with Crippen molar-refractivity contribution in [3.63, 3.8) is 0 Å². The number of aliphatic hydroxyl groups excluding tert-OH is 11. The highest BCUT2D eigenvalue weighted by molar-refractivity contribution is 5.00. The van der Waals surface area contributed by atoms with Crippen molar-refractivity contribution < 1.29 is 79.9 Å². The van der Waals surface area contributed by atoms with Crippen LogP contribution >= 0.6 is 0 Å². The number of rotatable bonds is 6. The monoisotopic (exact) mass is 626 g/mol. The van der Waals surface area contributed by atoms with E-state index in [1.165, 1.54) is 6.92 Å². The number of hydrogen-bond donors (Lipinski definition) is 11. The summed E-state index contributed by atoms with van der Waals surface area (Å²) in [6.07, 6.45) is -22.0. The highest BCUT2D eigenvalue weighted by Crippen LogP contribution is 2.43. The summed E-state index contributed by atoms with van der Waals surface area (Å²) >= 11 is 0. The number of aliphatic hydroxyl groups is 11. The van der Waals surface area contributed by atoms with Gasteiger partial charge in [0.15, 0.2) is 12.6 Å². The molecule has 18 unspecified atom stereocenters. The summed E-state index contributed by atoms with van der Waals surface area (Å²) in [6.45, 7) is 0.987. The van der Waals surface area contributed by atoms with Gasteiger partial charge in [-0.3, -0.25) is 0 Å². The highest BCUT2D eigenvalue weighted by atomic mass is 16.7. The zero-order valence-electron chi connectivity index (χ0n) is 23.8. The van der Waals surface area contributed by atoms with E-state index >= 15 is 0 Å². The summed E-state index contributed by atoms with van der Waals surface area (Å²) in [5.41, 5.74) is 0. The molecule has 16 nitrogen and oxygen atoms in total. The van der Waals surface area contributed by atoms with Crippen molar-refractivity contribution in [2.75, 3.05) is 6.61 Å². The third-order valence-corrected chi connectivity index (χ3v) is 9.74. The van der Waals surface area contributed by atoms with Crippen LogP contribution < -0.4 is 0 Å². The van der Waals surface area contributed by atoms with Gasteiger partial charge in [0.05, 0.1) is 55.4 Å². The van der Waals surface area contributed by atoms with Crippen LogP contribution in [0.25, 0.3) is 0 Å². The van der Waals surface area contributed by atoms with E-state index in [0.717, 1.165) is 0 Å². The molecule has 0 aromatic carbocycles. The highest BCUT2D eigenvalue weighted by Gasteiger charge is 2.53. The average molecular weight is 627 g/mol. The van der Waals surface area contributed by atoms with Gasteiger partial charge in [0.1, 0.15) is 48.8 Å². The molecule has 0 bridgehead atoms. The van der Waals surface area contributed by atoms with Gasteiger partial charge >= 0.3 is 0 Å². The lowest BCUT2D eigenvalue weighted by Crippen LogP contribution is -2.63. The summed E-state index contributed by atoms with van der Waals surface area (Å²) in [5.74, 6) is -0.989. The number of hydrogen-bond acceptors (Lipinski definition) is 16. The zero-order valence-corrected chi connectivity index (χ0v) is 23.8. The van der Waals surface area contributed by atoms with Crippen LogP contribution in [0.1, 0.15) is 39.0 Å². The van der Waals surface area contributed by atoms with E-state index < -0.39 is 129 Å². The van der Waals surface area contributed by atoms with Gasteiger partial charge in [0.2, 0.25) is 0 Å². The third-order valence-electron chi connectivity index (χ3n) is 9.74. The molecule has 3 saturated heterocycles. The second-order valence-corrected chi connectivity index (χ2v) is 12.8. The van der Waals surface area contributed by atoms with Crippen molar-refractivity contribution in [2.45, 2.75) is 149 Å². The Kier molecular flexibility index (Phi) is 10.7. The molecule has 0 amide bonds. The van der Waals surface area contributed by atoms with Crippen LogP contribution in [-0.2, 0) is 23.7 Å². The zero-order chi connectivity index (χ0) is 31.3. The fraction of sp³-hybridized carbons (Fsp3) is 1.00. The molecule has 0 spiro atoms. The lowest BCUT2D eigenvalue weighted by molar-refractivity contribution is -0.346. The normalized spacial score (nSPS) is 56.4. The summed E-state index contributed by atoms with van der Waals surface area (Å²) < 4.78 is 29.2. The van der Waals surface area contributed by atoms with Gasteiger partial charge in [0, 0.05) is 5.92 Å². The summed E-state index contributed by atoms with van der Waals surface area (Å²) in [5, 5.41) is 114. The first kappa shape index (κ1) is 33.7. The molecular weight excluding hydrogens is 580 g/mol. The molecule has 0 aromatic heterocycles. The van der Waals surface area contributed by atoms with Crippen molar-refractivity contribution in [1.82, 2.24) is 0 Å². The van der Waals surface area contributed by atoms with Crippen LogP contribution in [0.4, 0.5) is 0 Å². The Bertz CT molecular complexity index is 902. The summed E-state index contributed by atoms with van der Waals surface area (Å²) in [6, 6.07) is 0. The van der Waals surface area contributed by atoms with Gasteiger partial charge in [-0.2, -0.15) is 0 Å². The Morgan fingerprint density at radius 3 is 1.88 bits per heavy atom. The Morgan fingerprint density at radius 1 is 0.581 bits per heavy atom. The Hall–Kier alpha value is -0.640. The molecule has 11 N–H and O–H groups in total. The Balaban J connectivity index is 1.30. The molecular formula is C27H46O16. The molecule has 5 aliphatic rings. The van der Waals surface area contributed by atoms with E-state index in [-0.39, 0.29) is 32.1 Å². The minimum atomic E-state index is -1.75. The van der Waals surface area contributed by atoms with Crippen LogP contribution in [-0.4, -0.2) is 173 Å². The van der Waals surface area contributed by atoms with E-state index in [1.54, 1.807) is 0 Å². The average Bonchev–Trinajstić information content (AvgIpc) is 2.96. The maximum Gasteiger partial charge on any atom is 0.187 e. The molecule has 2 saturated carbocycles. The second kappa shape index (κ2) is 13.6. The summed E-state index contributed by atoms with van der Waals surface area (Å²) in [7, 11) is 0. The van der Waals surface area contributed by atoms with Gasteiger partial charge < -0.3 is 79.9 Å². The molecule has 5 fully saturated rings. The van der Waals surface area contributed by atoms with E-state index in [2.05, 4.69) is 0 Å². The molecule has 250 valence electrons. The van der Waals surface area contributed by atoms with Crippen molar-refractivity contribution in [3.8, 4) is 0 Å². The predicted molar refractivity (Wildman–Crippen MR) is 139 cm³/mol. The van der Waals surface area contributed by atoms with Crippen LogP contribution in [0, 0.1) is 11.8 Å². The minimum Gasteiger partial charge on any atom is -0.393 e. The number of fused-ring (bicyclic) bond motifs is 1. The molecule has 16 heteroatoms. The van der Waals surface area contributed by atoms with Gasteiger partial charge in [-0.15, -0.1) is 0 Å². The van der Waals surface area contributed by atoms with Crippen LogP contribution in [0.5, 0.6) is 0 Å². The fourth-order valence-corrected chi connectivity index (χ4v) is 7.15. The molecule has 5 rings (SSSR count). The molecule has 2 aliphatic carbocycles. The summed E-state index contributed by atoms with van der Waals surface area (Å²) in [4.78, 5) is 0. The van der Waals surface area contributed by atoms with Crippen molar-refractivity contribution in [1.29, 1.82) is 0 Å². The van der Waals surface area contributed by atoms with E-state index in [9.17, 15) is 56.2 Å². The van der Waals surface area contributed by atoms with Crippen LogP contribution in [0.15, 0.2) is 0 Å². The molecule has 0 radical (unpaired) electrons. The molecule has 43 heavy (non-hydrogen) atoms. The lowest BCUT2D eigenvalue weighted by Gasteiger charge is -2.51. The van der Waals surface area contributed by atoms with Gasteiger partial charge in [-0.1, -0.05) is 0 Å². The fourth-order valence-electron chi connectivity index (χ4n) is 7.15. The van der Waals surface area contributed by atoms with Gasteiger partial charge in [-0.25, -0.2) is 0 Å². The topological polar surface area (TPSA) is 269 Å². The largest absolute Gasteiger partial charge is 0.393 e. The quantitative estimate of drug-likeness (QED) is 0.132. The standard InChI is InChI=1S/C27H46O16/c1-8-18(32)21(35)23(37)26(40-8)39-7-17-20(34)22(36)24(38)27(43-17)42-16-6-11-12(29)4-10(28)5-15(11)41-25(16)9-2-13(30)19(33)14(31)3-9/h8-38H,2-7H2,1H3. The first-order valence-corrected chi connectivity index (χ1v) is 15.0. The maximum atomic E-state index is 10.8. The Morgan fingerprint density at radius 2 is 1.21 bits per heavy atom. The molecule has 3 heterocycles. The third kappa shape index (κ3) is 6.90. The number of ether oxygens (including phenoxy) is 5.